The number of amides is 2. The van der Waals surface area contributed by atoms with E-state index in [4.69, 9.17) is 0 Å². The first-order chi connectivity index (χ1) is 15.1. The van der Waals surface area contributed by atoms with Gasteiger partial charge in [-0.3, -0.25) is 14.9 Å². The van der Waals surface area contributed by atoms with Crippen LogP contribution in [0.3, 0.4) is 0 Å². The molecule has 8 heteroatoms. The number of imidazole rings is 1. The zero-order valence-corrected chi connectivity index (χ0v) is 16.2. The van der Waals surface area contributed by atoms with Gasteiger partial charge in [-0.2, -0.15) is 5.10 Å². The van der Waals surface area contributed by atoms with Crippen molar-refractivity contribution in [2.75, 3.05) is 5.32 Å². The molecule has 0 aliphatic rings. The largest absolute Gasteiger partial charge is 0.324 e. The molecule has 31 heavy (non-hydrogen) atoms. The third-order valence-corrected chi connectivity index (χ3v) is 4.26. The Morgan fingerprint density at radius 1 is 0.903 bits per heavy atom. The van der Waals surface area contributed by atoms with Crippen LogP contribution in [-0.2, 0) is 0 Å². The molecular weight excluding hydrogens is 392 g/mol. The van der Waals surface area contributed by atoms with Gasteiger partial charge in [-0.05, 0) is 42.3 Å². The average Bonchev–Trinajstić information content (AvgIpc) is 3.21. The third kappa shape index (κ3) is 4.46. The number of hydrogen-bond donors (Lipinski definition) is 3. The Morgan fingerprint density at radius 3 is 2.52 bits per heavy atom. The maximum atomic E-state index is 12.7. The molecule has 0 radical (unpaired) electrons. The zero-order valence-electron chi connectivity index (χ0n) is 16.2. The van der Waals surface area contributed by atoms with Gasteiger partial charge in [-0.15, -0.1) is 0 Å². The van der Waals surface area contributed by atoms with Gasteiger partial charge in [0, 0.05) is 12.3 Å². The molecule has 2 amide bonds. The molecule has 0 saturated carbocycles. The summed E-state index contributed by atoms with van der Waals surface area (Å²) in [5, 5.41) is 6.04. The van der Waals surface area contributed by atoms with Gasteiger partial charge < -0.3 is 4.98 Å². The molecule has 0 spiro atoms. The second kappa shape index (κ2) is 8.71. The molecule has 0 saturated heterocycles. The number of hydrazone groups is 1. The van der Waals surface area contributed by atoms with E-state index in [-0.39, 0.29) is 11.6 Å². The maximum absolute atomic E-state index is 12.7. The lowest BCUT2D eigenvalue weighted by molar-refractivity contribution is 0.0956. The number of aromatic amines is 1. The van der Waals surface area contributed by atoms with Gasteiger partial charge in [0.25, 0.3) is 11.8 Å². The highest BCUT2D eigenvalue weighted by molar-refractivity contribution is 6.06. The smallest absolute Gasteiger partial charge is 0.276 e. The van der Waals surface area contributed by atoms with Crippen LogP contribution in [-0.4, -0.2) is 33.5 Å². The number of benzene rings is 2. The Balaban J connectivity index is 1.55. The number of hydrogen-bond acceptors (Lipinski definition) is 5. The molecule has 0 unspecified atom stereocenters. The number of anilines is 1. The van der Waals surface area contributed by atoms with Gasteiger partial charge in [0.2, 0.25) is 5.95 Å². The number of carbonyl (C=O) groups is 2. The van der Waals surface area contributed by atoms with Gasteiger partial charge >= 0.3 is 0 Å². The number of pyridine rings is 1. The zero-order chi connectivity index (χ0) is 21.6. The van der Waals surface area contributed by atoms with Crippen LogP contribution in [0.4, 0.5) is 5.95 Å². The Bertz CT molecular complexity index is 1350. The summed E-state index contributed by atoms with van der Waals surface area (Å²) in [6.07, 6.45) is 0. The lowest BCUT2D eigenvalue weighted by Crippen LogP contribution is -2.17. The molecule has 4 rings (SSSR count). The second-order valence-corrected chi connectivity index (χ2v) is 6.36. The van der Waals surface area contributed by atoms with Crippen LogP contribution in [0.25, 0.3) is 11.0 Å². The number of fused-ring (bicyclic) bond motifs is 1. The fraction of sp³-hybridized carbons (Fsp3) is 0. The molecule has 0 aliphatic carbocycles. The van der Waals surface area contributed by atoms with Crippen molar-refractivity contribution in [3.05, 3.63) is 89.2 Å². The molecular formula is C23H16N6O2. The number of nitrogens with one attached hydrogen (secondary N) is 3. The van der Waals surface area contributed by atoms with Crippen molar-refractivity contribution in [1.29, 1.82) is 0 Å². The van der Waals surface area contributed by atoms with Crippen molar-refractivity contribution in [2.45, 2.75) is 0 Å². The molecule has 2 aromatic heterocycles. The van der Waals surface area contributed by atoms with Crippen LogP contribution in [0.5, 0.6) is 0 Å². The summed E-state index contributed by atoms with van der Waals surface area (Å²) >= 11 is 0. The number of rotatable bonds is 4. The first-order valence-electron chi connectivity index (χ1n) is 9.24. The fourth-order valence-electron chi connectivity index (χ4n) is 2.87. The van der Waals surface area contributed by atoms with E-state index < -0.39 is 11.8 Å². The van der Waals surface area contributed by atoms with Crippen molar-refractivity contribution in [3.8, 4) is 11.8 Å². The highest BCUT2D eigenvalue weighted by Crippen LogP contribution is 2.19. The predicted molar refractivity (Wildman–Crippen MR) is 118 cm³/mol. The van der Waals surface area contributed by atoms with Crippen molar-refractivity contribution in [3.63, 3.8) is 0 Å². The van der Waals surface area contributed by atoms with Gasteiger partial charge in [-0.25, -0.2) is 15.4 Å². The molecule has 0 bridgehead atoms. The average molecular weight is 408 g/mol. The van der Waals surface area contributed by atoms with Crippen LogP contribution in [0, 0.1) is 11.8 Å². The summed E-state index contributed by atoms with van der Waals surface area (Å²) in [6.45, 7) is 3.24. The fourth-order valence-corrected chi connectivity index (χ4v) is 2.87. The van der Waals surface area contributed by atoms with Crippen LogP contribution in [0.15, 0.2) is 71.8 Å². The number of aromatic nitrogens is 3. The van der Waals surface area contributed by atoms with Crippen molar-refractivity contribution in [2.24, 2.45) is 5.10 Å². The Labute approximate surface area is 177 Å². The molecule has 150 valence electrons. The summed E-state index contributed by atoms with van der Waals surface area (Å²) in [4.78, 5) is 36.3. The summed E-state index contributed by atoms with van der Waals surface area (Å²) in [6, 6.07) is 19.6. The first-order valence-corrected chi connectivity index (χ1v) is 9.24. The van der Waals surface area contributed by atoms with Gasteiger partial charge in [-0.1, -0.05) is 36.3 Å². The lowest BCUT2D eigenvalue weighted by atomic mass is 10.2. The Kier molecular flexibility index (Phi) is 5.49. The summed E-state index contributed by atoms with van der Waals surface area (Å²) in [5.74, 6) is 5.24. The molecule has 0 atom stereocenters. The standard InChI is InChI=1S/C23H16N6O2/c1-24-29-21(30)17-10-6-11-18-20(17)27-23(26-18)28-22(31)19-12-5-9-16(25-19)14-13-15-7-3-2-4-8-15/h2-12H,1H2,(H,29,30)(H2,26,27,28,31). The monoisotopic (exact) mass is 408 g/mol. The Morgan fingerprint density at radius 2 is 1.71 bits per heavy atom. The molecule has 0 fully saturated rings. The highest BCUT2D eigenvalue weighted by Gasteiger charge is 2.15. The summed E-state index contributed by atoms with van der Waals surface area (Å²) in [7, 11) is 0. The second-order valence-electron chi connectivity index (χ2n) is 6.36. The molecule has 2 aromatic carbocycles. The number of H-pyrrole nitrogens is 1. The quantitative estimate of drug-likeness (QED) is 0.274. The van der Waals surface area contributed by atoms with E-state index in [1.807, 2.05) is 30.3 Å². The predicted octanol–water partition coefficient (Wildman–Crippen LogP) is 2.96. The number of carbonyl (C=O) groups excluding carboxylic acids is 2. The van der Waals surface area contributed by atoms with E-state index in [0.29, 0.717) is 22.3 Å². The van der Waals surface area contributed by atoms with E-state index in [1.165, 1.54) is 0 Å². The minimum atomic E-state index is -0.457. The topological polar surface area (TPSA) is 112 Å². The lowest BCUT2D eigenvalue weighted by Gasteiger charge is -2.01. The molecule has 4 aromatic rings. The van der Waals surface area contributed by atoms with E-state index >= 15 is 0 Å². The van der Waals surface area contributed by atoms with E-state index in [0.717, 1.165) is 5.56 Å². The number of nitrogens with zero attached hydrogens (tertiary/aromatic N) is 3. The third-order valence-electron chi connectivity index (χ3n) is 4.26. The molecule has 0 aliphatic heterocycles. The van der Waals surface area contributed by atoms with Crippen LogP contribution in [0.1, 0.15) is 32.1 Å². The SMILES string of the molecule is C=NNC(=O)c1cccc2[nH]c(NC(=O)c3cccc(C#Cc4ccccc4)n3)nc12. The van der Waals surface area contributed by atoms with Crippen LogP contribution >= 0.6 is 0 Å². The minimum absolute atomic E-state index is 0.189. The molecule has 8 nitrogen and oxygen atoms in total. The van der Waals surface area contributed by atoms with E-state index in [2.05, 4.69) is 49.4 Å². The summed E-state index contributed by atoms with van der Waals surface area (Å²) < 4.78 is 0. The normalized spacial score (nSPS) is 10.1. The van der Waals surface area contributed by atoms with Crippen molar-refractivity contribution in [1.82, 2.24) is 20.4 Å². The highest BCUT2D eigenvalue weighted by atomic mass is 16.2. The molecule has 3 N–H and O–H groups in total. The maximum Gasteiger partial charge on any atom is 0.276 e. The number of para-hydroxylation sites is 1. The van der Waals surface area contributed by atoms with Gasteiger partial charge in [0.1, 0.15) is 16.9 Å². The molecule has 2 heterocycles. The van der Waals surface area contributed by atoms with Gasteiger partial charge in [0.05, 0.1) is 11.1 Å². The van der Waals surface area contributed by atoms with Crippen molar-refractivity contribution < 1.29 is 9.59 Å². The van der Waals surface area contributed by atoms with Crippen LogP contribution < -0.4 is 10.7 Å². The summed E-state index contributed by atoms with van der Waals surface area (Å²) in [5.41, 5.74) is 5.07. The van der Waals surface area contributed by atoms with E-state index in [9.17, 15) is 9.59 Å². The minimum Gasteiger partial charge on any atom is -0.324 e. The van der Waals surface area contributed by atoms with Gasteiger partial charge in [0.15, 0.2) is 0 Å². The van der Waals surface area contributed by atoms with Crippen LogP contribution in [0.2, 0.25) is 0 Å². The Hall–Kier alpha value is -4.77. The van der Waals surface area contributed by atoms with E-state index in [1.54, 1.807) is 36.4 Å². The van der Waals surface area contributed by atoms with Crippen molar-refractivity contribution >= 4 is 35.5 Å². The first kappa shape index (κ1) is 19.5.